The molecule has 0 saturated heterocycles. The number of nitrogens with one attached hydrogen (secondary N) is 1. The molecule has 1 rings (SSSR count). The number of halogens is 1. The molecule has 1 aromatic carbocycles. The fraction of sp³-hybridized carbons (Fsp3) is 0.385. The SMILES string of the molecule is CCOC(=O)C(Cc1ccc(O)cc1)NC(=O)CN.Cl. The topological polar surface area (TPSA) is 102 Å². The first-order valence-corrected chi connectivity index (χ1v) is 6.00. The van der Waals surface area contributed by atoms with Crippen molar-refractivity contribution in [3.8, 4) is 5.75 Å². The molecular weight excluding hydrogens is 284 g/mol. The highest BCUT2D eigenvalue weighted by Crippen LogP contribution is 2.11. The van der Waals surface area contributed by atoms with E-state index >= 15 is 0 Å². The van der Waals surface area contributed by atoms with E-state index in [0.29, 0.717) is 0 Å². The normalized spacial score (nSPS) is 11.1. The lowest BCUT2D eigenvalue weighted by atomic mass is 10.1. The van der Waals surface area contributed by atoms with Crippen LogP contribution in [0.15, 0.2) is 24.3 Å². The van der Waals surface area contributed by atoms with Crippen molar-refractivity contribution < 1.29 is 19.4 Å². The van der Waals surface area contributed by atoms with Crippen LogP contribution in [-0.4, -0.2) is 36.2 Å². The number of carbonyl (C=O) groups excluding carboxylic acids is 2. The van der Waals surface area contributed by atoms with E-state index in [1.165, 1.54) is 12.1 Å². The Balaban J connectivity index is 0.00000361. The van der Waals surface area contributed by atoms with Gasteiger partial charge in [-0.25, -0.2) is 4.79 Å². The molecule has 1 aromatic rings. The molecule has 0 radical (unpaired) electrons. The zero-order valence-corrected chi connectivity index (χ0v) is 12.0. The first kappa shape index (κ1) is 18.2. The van der Waals surface area contributed by atoms with E-state index in [1.807, 2.05) is 0 Å². The smallest absolute Gasteiger partial charge is 0.328 e. The summed E-state index contributed by atoms with van der Waals surface area (Å²) in [7, 11) is 0. The van der Waals surface area contributed by atoms with Gasteiger partial charge in [0, 0.05) is 6.42 Å². The summed E-state index contributed by atoms with van der Waals surface area (Å²) in [4.78, 5) is 23.0. The summed E-state index contributed by atoms with van der Waals surface area (Å²) in [5.41, 5.74) is 6.01. The number of nitrogens with two attached hydrogens (primary N) is 1. The Morgan fingerprint density at radius 2 is 1.95 bits per heavy atom. The van der Waals surface area contributed by atoms with Crippen molar-refractivity contribution in [2.24, 2.45) is 5.73 Å². The van der Waals surface area contributed by atoms with Gasteiger partial charge in [0.25, 0.3) is 0 Å². The summed E-state index contributed by atoms with van der Waals surface area (Å²) < 4.78 is 4.90. The number of benzene rings is 1. The van der Waals surface area contributed by atoms with E-state index in [9.17, 15) is 14.7 Å². The summed E-state index contributed by atoms with van der Waals surface area (Å²) in [6.07, 6.45) is 0.283. The van der Waals surface area contributed by atoms with Crippen molar-refractivity contribution in [1.29, 1.82) is 0 Å². The summed E-state index contributed by atoms with van der Waals surface area (Å²) in [5, 5.41) is 11.7. The molecule has 0 bridgehead atoms. The molecule has 20 heavy (non-hydrogen) atoms. The van der Waals surface area contributed by atoms with E-state index in [-0.39, 0.29) is 37.7 Å². The molecule has 7 heteroatoms. The third-order valence-corrected chi connectivity index (χ3v) is 2.47. The molecule has 1 amide bonds. The van der Waals surface area contributed by atoms with Gasteiger partial charge in [0.15, 0.2) is 0 Å². The van der Waals surface area contributed by atoms with Gasteiger partial charge in [0.05, 0.1) is 13.2 Å². The molecule has 0 spiro atoms. The molecule has 0 aliphatic heterocycles. The first-order chi connectivity index (χ1) is 9.06. The van der Waals surface area contributed by atoms with Gasteiger partial charge in [-0.3, -0.25) is 4.79 Å². The number of hydrogen-bond donors (Lipinski definition) is 3. The van der Waals surface area contributed by atoms with Gasteiger partial charge in [-0.1, -0.05) is 12.1 Å². The molecular formula is C13H19ClN2O4. The Hall–Kier alpha value is -1.79. The van der Waals surface area contributed by atoms with Crippen molar-refractivity contribution in [2.45, 2.75) is 19.4 Å². The van der Waals surface area contributed by atoms with Gasteiger partial charge in [0.1, 0.15) is 11.8 Å². The lowest BCUT2D eigenvalue weighted by Gasteiger charge is -2.17. The molecule has 0 heterocycles. The number of rotatable bonds is 6. The van der Waals surface area contributed by atoms with E-state index in [2.05, 4.69) is 5.32 Å². The second-order valence-corrected chi connectivity index (χ2v) is 3.95. The Morgan fingerprint density at radius 1 is 1.35 bits per heavy atom. The predicted molar refractivity (Wildman–Crippen MR) is 76.7 cm³/mol. The highest BCUT2D eigenvalue weighted by Gasteiger charge is 2.21. The number of aromatic hydroxyl groups is 1. The van der Waals surface area contributed by atoms with Crippen LogP contribution in [-0.2, 0) is 20.7 Å². The second kappa shape index (κ2) is 9.17. The minimum atomic E-state index is -0.777. The predicted octanol–water partition coefficient (Wildman–Crippen LogP) is 0.363. The van der Waals surface area contributed by atoms with E-state index in [1.54, 1.807) is 19.1 Å². The van der Waals surface area contributed by atoms with Crippen LogP contribution in [0.3, 0.4) is 0 Å². The number of amides is 1. The Kier molecular flexibility index (Phi) is 8.35. The van der Waals surface area contributed by atoms with Crippen molar-refractivity contribution in [3.05, 3.63) is 29.8 Å². The van der Waals surface area contributed by atoms with E-state index in [0.717, 1.165) is 5.56 Å². The maximum absolute atomic E-state index is 11.7. The van der Waals surface area contributed by atoms with Crippen LogP contribution in [0.1, 0.15) is 12.5 Å². The van der Waals surface area contributed by atoms with Crippen LogP contribution in [0.25, 0.3) is 0 Å². The summed E-state index contributed by atoms with van der Waals surface area (Å²) in [5.74, 6) is -0.781. The minimum Gasteiger partial charge on any atom is -0.508 e. The number of phenolic OH excluding ortho intramolecular Hbond substituents is 1. The lowest BCUT2D eigenvalue weighted by molar-refractivity contribution is -0.147. The lowest BCUT2D eigenvalue weighted by Crippen LogP contribution is -2.45. The third-order valence-electron chi connectivity index (χ3n) is 2.47. The van der Waals surface area contributed by atoms with Crippen LogP contribution >= 0.6 is 12.4 Å². The Bertz CT molecular complexity index is 437. The number of hydrogen-bond acceptors (Lipinski definition) is 5. The highest BCUT2D eigenvalue weighted by molar-refractivity contribution is 5.85. The molecule has 0 saturated carbocycles. The van der Waals surface area contributed by atoms with Gasteiger partial charge in [0.2, 0.25) is 5.91 Å². The number of phenols is 1. The molecule has 4 N–H and O–H groups in total. The average Bonchev–Trinajstić information content (AvgIpc) is 2.40. The molecule has 1 unspecified atom stereocenters. The van der Waals surface area contributed by atoms with Crippen LogP contribution in [0, 0.1) is 0 Å². The van der Waals surface area contributed by atoms with Crippen molar-refractivity contribution in [2.75, 3.05) is 13.2 Å². The quantitative estimate of drug-likeness (QED) is 0.659. The van der Waals surface area contributed by atoms with Crippen molar-refractivity contribution in [1.82, 2.24) is 5.32 Å². The molecule has 0 aliphatic carbocycles. The van der Waals surface area contributed by atoms with Crippen LogP contribution in [0.2, 0.25) is 0 Å². The largest absolute Gasteiger partial charge is 0.508 e. The zero-order chi connectivity index (χ0) is 14.3. The minimum absolute atomic E-state index is 0. The number of carbonyl (C=O) groups is 2. The standard InChI is InChI=1S/C13H18N2O4.ClH/c1-2-19-13(18)11(15-12(17)8-14)7-9-3-5-10(16)6-4-9;/h3-6,11,16H,2,7-8,14H2,1H3,(H,15,17);1H. The Labute approximate surface area is 123 Å². The molecule has 1 atom stereocenters. The van der Waals surface area contributed by atoms with Crippen LogP contribution < -0.4 is 11.1 Å². The number of ether oxygens (including phenoxy) is 1. The van der Waals surface area contributed by atoms with Gasteiger partial charge >= 0.3 is 5.97 Å². The highest BCUT2D eigenvalue weighted by atomic mass is 35.5. The van der Waals surface area contributed by atoms with Crippen LogP contribution in [0.4, 0.5) is 0 Å². The monoisotopic (exact) mass is 302 g/mol. The summed E-state index contributed by atoms with van der Waals surface area (Å²) >= 11 is 0. The van der Waals surface area contributed by atoms with Gasteiger partial charge in [-0.05, 0) is 24.6 Å². The molecule has 0 aromatic heterocycles. The van der Waals surface area contributed by atoms with Crippen LogP contribution in [0.5, 0.6) is 5.75 Å². The van der Waals surface area contributed by atoms with E-state index < -0.39 is 17.9 Å². The molecule has 0 aliphatic rings. The Morgan fingerprint density at radius 3 is 2.45 bits per heavy atom. The maximum Gasteiger partial charge on any atom is 0.328 e. The fourth-order valence-corrected chi connectivity index (χ4v) is 1.56. The van der Waals surface area contributed by atoms with Gasteiger partial charge in [-0.2, -0.15) is 0 Å². The fourth-order valence-electron chi connectivity index (χ4n) is 1.56. The average molecular weight is 303 g/mol. The number of esters is 1. The second-order valence-electron chi connectivity index (χ2n) is 3.95. The van der Waals surface area contributed by atoms with Crippen molar-refractivity contribution in [3.63, 3.8) is 0 Å². The van der Waals surface area contributed by atoms with E-state index in [4.69, 9.17) is 10.5 Å². The zero-order valence-electron chi connectivity index (χ0n) is 11.2. The van der Waals surface area contributed by atoms with Crippen molar-refractivity contribution >= 4 is 24.3 Å². The van der Waals surface area contributed by atoms with Gasteiger partial charge in [-0.15, -0.1) is 12.4 Å². The molecule has 0 fully saturated rings. The molecule has 6 nitrogen and oxygen atoms in total. The third kappa shape index (κ3) is 5.90. The molecule has 112 valence electrons. The first-order valence-electron chi connectivity index (χ1n) is 6.00. The summed E-state index contributed by atoms with van der Waals surface area (Å²) in [6, 6.07) is 5.61. The maximum atomic E-state index is 11.7. The van der Waals surface area contributed by atoms with Gasteiger partial charge < -0.3 is 20.9 Å². The summed E-state index contributed by atoms with van der Waals surface area (Å²) in [6.45, 7) is 1.75.